The summed E-state index contributed by atoms with van der Waals surface area (Å²) in [6.07, 6.45) is 7.06. The Labute approximate surface area is 155 Å². The van der Waals surface area contributed by atoms with E-state index in [1.54, 1.807) is 7.05 Å². The molecule has 1 aromatic carbocycles. The van der Waals surface area contributed by atoms with Gasteiger partial charge in [0.05, 0.1) is 6.20 Å². The first-order chi connectivity index (χ1) is 10.8. The molecular formula is C17H26IN5. The second-order valence-electron chi connectivity index (χ2n) is 5.29. The number of rotatable bonds is 7. The minimum Gasteiger partial charge on any atom is -0.356 e. The summed E-state index contributed by atoms with van der Waals surface area (Å²) in [6, 6.07) is 10.6. The maximum absolute atomic E-state index is 4.24. The molecule has 0 radical (unpaired) electrons. The van der Waals surface area contributed by atoms with Crippen LogP contribution in [0.5, 0.6) is 0 Å². The van der Waals surface area contributed by atoms with Crippen LogP contribution in [0.15, 0.2) is 47.7 Å². The number of aryl methyl sites for hydroxylation is 2. The molecule has 2 rings (SSSR count). The molecule has 5 nitrogen and oxygen atoms in total. The molecule has 0 bridgehead atoms. The standard InChI is InChI=1S/C17H25N5.HI/c1-18-17(20-12-10-16-13-21-22(2)14-16)19-11-6-9-15-7-4-3-5-8-15;/h3-5,7-8,13-14H,6,9-12H2,1-2H3,(H2,18,19,20);1H. The summed E-state index contributed by atoms with van der Waals surface area (Å²) in [6.45, 7) is 1.77. The number of nitrogens with one attached hydrogen (secondary N) is 2. The van der Waals surface area contributed by atoms with Crippen LogP contribution in [-0.2, 0) is 19.9 Å². The lowest BCUT2D eigenvalue weighted by atomic mass is 10.1. The molecule has 0 aliphatic rings. The highest BCUT2D eigenvalue weighted by Crippen LogP contribution is 2.01. The topological polar surface area (TPSA) is 54.2 Å². The van der Waals surface area contributed by atoms with E-state index in [4.69, 9.17) is 0 Å². The number of benzene rings is 1. The van der Waals surface area contributed by atoms with Crippen LogP contribution in [0.2, 0.25) is 0 Å². The van der Waals surface area contributed by atoms with Gasteiger partial charge in [-0.15, -0.1) is 24.0 Å². The summed E-state index contributed by atoms with van der Waals surface area (Å²) in [5.74, 6) is 0.858. The fraction of sp³-hybridized carbons (Fsp3) is 0.412. The van der Waals surface area contributed by atoms with Crippen LogP contribution < -0.4 is 10.6 Å². The number of aromatic nitrogens is 2. The summed E-state index contributed by atoms with van der Waals surface area (Å²) in [5.41, 5.74) is 2.61. The van der Waals surface area contributed by atoms with Gasteiger partial charge < -0.3 is 10.6 Å². The normalized spacial score (nSPS) is 11.0. The van der Waals surface area contributed by atoms with Gasteiger partial charge in [-0.2, -0.15) is 5.10 Å². The third-order valence-corrected chi connectivity index (χ3v) is 3.47. The molecule has 0 aliphatic heterocycles. The Balaban J connectivity index is 0.00000264. The average molecular weight is 427 g/mol. The van der Waals surface area contributed by atoms with Crippen molar-refractivity contribution in [2.45, 2.75) is 19.3 Å². The molecule has 0 spiro atoms. The van der Waals surface area contributed by atoms with Crippen molar-refractivity contribution in [3.05, 3.63) is 53.9 Å². The van der Waals surface area contributed by atoms with E-state index in [1.807, 2.05) is 24.1 Å². The predicted octanol–water partition coefficient (Wildman–Crippen LogP) is 2.38. The molecule has 2 aromatic rings. The fourth-order valence-corrected chi connectivity index (χ4v) is 2.29. The van der Waals surface area contributed by atoms with Gasteiger partial charge in [-0.05, 0) is 30.4 Å². The maximum atomic E-state index is 4.24. The zero-order valence-corrected chi connectivity index (χ0v) is 16.2. The van der Waals surface area contributed by atoms with Gasteiger partial charge in [-0.3, -0.25) is 9.67 Å². The summed E-state index contributed by atoms with van der Waals surface area (Å²) < 4.78 is 1.83. The van der Waals surface area contributed by atoms with Crippen LogP contribution in [0.25, 0.3) is 0 Å². The van der Waals surface area contributed by atoms with E-state index in [2.05, 4.69) is 51.1 Å². The van der Waals surface area contributed by atoms with Gasteiger partial charge >= 0.3 is 0 Å². The molecule has 0 aliphatic carbocycles. The number of guanidine groups is 1. The number of hydrogen-bond donors (Lipinski definition) is 2. The number of hydrogen-bond acceptors (Lipinski definition) is 2. The monoisotopic (exact) mass is 427 g/mol. The Bertz CT molecular complexity index is 580. The molecule has 23 heavy (non-hydrogen) atoms. The van der Waals surface area contributed by atoms with Crippen LogP contribution >= 0.6 is 24.0 Å². The SMILES string of the molecule is CN=C(NCCCc1ccccc1)NCCc1cnn(C)c1.I. The van der Waals surface area contributed by atoms with Crippen LogP contribution in [0, 0.1) is 0 Å². The van der Waals surface area contributed by atoms with Crippen LogP contribution in [-0.4, -0.2) is 35.9 Å². The predicted molar refractivity (Wildman–Crippen MR) is 106 cm³/mol. The molecule has 6 heteroatoms. The number of nitrogens with zero attached hydrogens (tertiary/aromatic N) is 3. The number of aliphatic imine (C=N–C) groups is 1. The molecule has 126 valence electrons. The third-order valence-electron chi connectivity index (χ3n) is 3.47. The van der Waals surface area contributed by atoms with Crippen LogP contribution in [0.3, 0.4) is 0 Å². The summed E-state index contributed by atoms with van der Waals surface area (Å²) in [4.78, 5) is 4.24. The Kier molecular flexibility index (Phi) is 9.35. The molecule has 0 saturated heterocycles. The van der Waals surface area contributed by atoms with E-state index in [0.717, 1.165) is 38.3 Å². The second kappa shape index (κ2) is 11.0. The van der Waals surface area contributed by atoms with Crippen molar-refractivity contribution < 1.29 is 0 Å². The van der Waals surface area contributed by atoms with Crippen molar-refractivity contribution in [2.24, 2.45) is 12.0 Å². The first kappa shape index (κ1) is 19.5. The number of halogens is 1. The van der Waals surface area contributed by atoms with E-state index >= 15 is 0 Å². The first-order valence-corrected chi connectivity index (χ1v) is 7.74. The molecule has 0 atom stereocenters. The van der Waals surface area contributed by atoms with Crippen molar-refractivity contribution in [1.82, 2.24) is 20.4 Å². The molecular weight excluding hydrogens is 401 g/mol. The first-order valence-electron chi connectivity index (χ1n) is 7.74. The van der Waals surface area contributed by atoms with E-state index < -0.39 is 0 Å². The van der Waals surface area contributed by atoms with Gasteiger partial charge in [0.25, 0.3) is 0 Å². The van der Waals surface area contributed by atoms with Gasteiger partial charge in [0.2, 0.25) is 0 Å². The highest BCUT2D eigenvalue weighted by atomic mass is 127. The Hall–Kier alpha value is -1.57. The van der Waals surface area contributed by atoms with E-state index in [1.165, 1.54) is 11.1 Å². The molecule has 2 N–H and O–H groups in total. The van der Waals surface area contributed by atoms with Crippen molar-refractivity contribution in [3.8, 4) is 0 Å². The second-order valence-corrected chi connectivity index (χ2v) is 5.29. The highest BCUT2D eigenvalue weighted by Gasteiger charge is 1.99. The van der Waals surface area contributed by atoms with Gasteiger partial charge in [0, 0.05) is 33.4 Å². The van der Waals surface area contributed by atoms with Crippen LogP contribution in [0.4, 0.5) is 0 Å². The molecule has 0 amide bonds. The fourth-order valence-electron chi connectivity index (χ4n) is 2.29. The lowest BCUT2D eigenvalue weighted by molar-refractivity contribution is 0.738. The van der Waals surface area contributed by atoms with Crippen molar-refractivity contribution in [2.75, 3.05) is 20.1 Å². The highest BCUT2D eigenvalue weighted by molar-refractivity contribution is 14.0. The maximum Gasteiger partial charge on any atom is 0.190 e. The molecule has 0 unspecified atom stereocenters. The summed E-state index contributed by atoms with van der Waals surface area (Å²) in [7, 11) is 3.74. The average Bonchev–Trinajstić information content (AvgIpc) is 2.96. The van der Waals surface area contributed by atoms with Crippen molar-refractivity contribution >= 4 is 29.9 Å². The third kappa shape index (κ3) is 7.49. The van der Waals surface area contributed by atoms with E-state index in [-0.39, 0.29) is 24.0 Å². The van der Waals surface area contributed by atoms with Gasteiger partial charge in [0.15, 0.2) is 5.96 Å². The van der Waals surface area contributed by atoms with Gasteiger partial charge in [0.1, 0.15) is 0 Å². The lowest BCUT2D eigenvalue weighted by Crippen LogP contribution is -2.38. The molecule has 0 saturated carbocycles. The minimum absolute atomic E-state index is 0. The van der Waals surface area contributed by atoms with Gasteiger partial charge in [-0.1, -0.05) is 30.3 Å². The van der Waals surface area contributed by atoms with E-state index in [9.17, 15) is 0 Å². The Morgan fingerprint density at radius 2 is 1.83 bits per heavy atom. The summed E-state index contributed by atoms with van der Waals surface area (Å²) >= 11 is 0. The van der Waals surface area contributed by atoms with E-state index in [0.29, 0.717) is 0 Å². The lowest BCUT2D eigenvalue weighted by Gasteiger charge is -2.11. The zero-order chi connectivity index (χ0) is 15.6. The quantitative estimate of drug-likeness (QED) is 0.309. The summed E-state index contributed by atoms with van der Waals surface area (Å²) in [5, 5.41) is 10.8. The zero-order valence-electron chi connectivity index (χ0n) is 13.8. The molecule has 1 heterocycles. The van der Waals surface area contributed by atoms with Crippen molar-refractivity contribution in [1.29, 1.82) is 0 Å². The van der Waals surface area contributed by atoms with Crippen LogP contribution in [0.1, 0.15) is 17.5 Å². The smallest absolute Gasteiger partial charge is 0.190 e. The largest absolute Gasteiger partial charge is 0.356 e. The van der Waals surface area contributed by atoms with Crippen molar-refractivity contribution in [3.63, 3.8) is 0 Å². The molecule has 0 fully saturated rings. The minimum atomic E-state index is 0. The Morgan fingerprint density at radius 3 is 2.48 bits per heavy atom. The van der Waals surface area contributed by atoms with Gasteiger partial charge in [-0.25, -0.2) is 0 Å². The Morgan fingerprint density at radius 1 is 1.09 bits per heavy atom. The molecule has 1 aromatic heterocycles.